The number of imidazole rings is 1. The van der Waals surface area contributed by atoms with Gasteiger partial charge in [-0.2, -0.15) is 0 Å². The van der Waals surface area contributed by atoms with E-state index in [0.29, 0.717) is 19.0 Å². The molecule has 18 heavy (non-hydrogen) atoms. The summed E-state index contributed by atoms with van der Waals surface area (Å²) in [5.41, 5.74) is 0. The molecule has 1 fully saturated rings. The number of amides is 1. The van der Waals surface area contributed by atoms with Gasteiger partial charge in [-0.1, -0.05) is 0 Å². The third kappa shape index (κ3) is 5.71. The van der Waals surface area contributed by atoms with Crippen LogP contribution in [0.3, 0.4) is 0 Å². The quantitative estimate of drug-likeness (QED) is 0.851. The lowest BCUT2D eigenvalue weighted by molar-refractivity contribution is -0.121. The Morgan fingerprint density at radius 3 is 2.94 bits per heavy atom. The highest BCUT2D eigenvalue weighted by Crippen LogP contribution is 2.07. The molecule has 1 atom stereocenters. The minimum absolute atomic E-state index is 0. The van der Waals surface area contributed by atoms with Gasteiger partial charge in [0.2, 0.25) is 5.91 Å². The molecule has 1 unspecified atom stereocenters. The van der Waals surface area contributed by atoms with Crippen LogP contribution >= 0.6 is 24.8 Å². The van der Waals surface area contributed by atoms with Crippen LogP contribution in [0.4, 0.5) is 0 Å². The molecule has 0 saturated carbocycles. The van der Waals surface area contributed by atoms with Crippen LogP contribution in [0.15, 0.2) is 18.7 Å². The summed E-state index contributed by atoms with van der Waals surface area (Å²) in [6.07, 6.45) is 8.30. The zero-order valence-corrected chi connectivity index (χ0v) is 11.8. The Morgan fingerprint density at radius 2 is 2.33 bits per heavy atom. The number of nitrogens with one attached hydrogen (secondary N) is 2. The van der Waals surface area contributed by atoms with Gasteiger partial charge in [-0.15, -0.1) is 24.8 Å². The van der Waals surface area contributed by atoms with Crippen LogP contribution < -0.4 is 10.6 Å². The van der Waals surface area contributed by atoms with Gasteiger partial charge >= 0.3 is 0 Å². The second-order valence-corrected chi connectivity index (χ2v) is 4.15. The van der Waals surface area contributed by atoms with Gasteiger partial charge in [0.05, 0.1) is 6.33 Å². The predicted octanol–water partition coefficient (Wildman–Crippen LogP) is 0.985. The lowest BCUT2D eigenvalue weighted by Crippen LogP contribution is -2.33. The maximum atomic E-state index is 11.6. The molecule has 2 rings (SSSR count). The van der Waals surface area contributed by atoms with Crippen molar-refractivity contribution in [2.24, 2.45) is 0 Å². The molecule has 7 heteroatoms. The van der Waals surface area contributed by atoms with Crippen molar-refractivity contribution in [1.82, 2.24) is 20.2 Å². The Balaban J connectivity index is 0.00000144. The number of hydrogen-bond donors (Lipinski definition) is 2. The smallest absolute Gasteiger partial charge is 0.221 e. The molecule has 1 aromatic rings. The van der Waals surface area contributed by atoms with Crippen LogP contribution in [-0.4, -0.2) is 34.6 Å². The van der Waals surface area contributed by atoms with Crippen molar-refractivity contribution in [1.29, 1.82) is 0 Å². The molecule has 0 aliphatic carbocycles. The molecule has 0 aromatic carbocycles. The minimum Gasteiger partial charge on any atom is -0.354 e. The van der Waals surface area contributed by atoms with E-state index in [4.69, 9.17) is 0 Å². The molecule has 1 amide bonds. The molecular weight excluding hydrogens is 275 g/mol. The van der Waals surface area contributed by atoms with Crippen LogP contribution in [0.25, 0.3) is 0 Å². The van der Waals surface area contributed by atoms with Crippen LogP contribution in [0.2, 0.25) is 0 Å². The summed E-state index contributed by atoms with van der Waals surface area (Å²) in [6, 6.07) is 0.383. The molecule has 1 saturated heterocycles. The minimum atomic E-state index is 0. The third-order valence-electron chi connectivity index (χ3n) is 2.85. The van der Waals surface area contributed by atoms with E-state index in [1.54, 1.807) is 12.5 Å². The number of nitrogens with zero attached hydrogens (tertiary/aromatic N) is 2. The van der Waals surface area contributed by atoms with E-state index in [1.165, 1.54) is 6.42 Å². The average Bonchev–Trinajstić information content (AvgIpc) is 2.90. The van der Waals surface area contributed by atoms with E-state index in [2.05, 4.69) is 15.6 Å². The molecule has 104 valence electrons. The Kier molecular flexibility index (Phi) is 8.79. The second-order valence-electron chi connectivity index (χ2n) is 4.15. The monoisotopic (exact) mass is 294 g/mol. The van der Waals surface area contributed by atoms with Gasteiger partial charge in [-0.05, 0) is 19.4 Å². The van der Waals surface area contributed by atoms with Crippen molar-refractivity contribution < 1.29 is 4.79 Å². The van der Waals surface area contributed by atoms with Crippen molar-refractivity contribution in [2.75, 3.05) is 13.1 Å². The van der Waals surface area contributed by atoms with Gasteiger partial charge in [0, 0.05) is 37.9 Å². The molecule has 1 aromatic heterocycles. The second kappa shape index (κ2) is 9.19. The Bertz CT molecular complexity index is 326. The maximum absolute atomic E-state index is 11.6. The molecular formula is C11H20Cl2N4O. The molecule has 1 aliphatic rings. The first-order valence-electron chi connectivity index (χ1n) is 5.80. The summed E-state index contributed by atoms with van der Waals surface area (Å²) >= 11 is 0. The van der Waals surface area contributed by atoms with Gasteiger partial charge in [0.1, 0.15) is 0 Å². The molecule has 1 aliphatic heterocycles. The first-order chi connectivity index (χ1) is 7.84. The van der Waals surface area contributed by atoms with Crippen LogP contribution in [0.1, 0.15) is 19.3 Å². The Morgan fingerprint density at radius 1 is 1.50 bits per heavy atom. The summed E-state index contributed by atoms with van der Waals surface area (Å²) in [5, 5.41) is 6.24. The Hall–Kier alpha value is -0.780. The predicted molar refractivity (Wildman–Crippen MR) is 75.4 cm³/mol. The van der Waals surface area contributed by atoms with Crippen LogP contribution in [0.5, 0.6) is 0 Å². The zero-order valence-electron chi connectivity index (χ0n) is 10.2. The summed E-state index contributed by atoms with van der Waals surface area (Å²) < 4.78 is 1.95. The van der Waals surface area contributed by atoms with Gasteiger partial charge in [-0.25, -0.2) is 4.98 Å². The summed E-state index contributed by atoms with van der Waals surface area (Å²) in [6.45, 7) is 2.50. The number of hydrogen-bond acceptors (Lipinski definition) is 3. The van der Waals surface area contributed by atoms with Gasteiger partial charge < -0.3 is 15.2 Å². The molecule has 2 heterocycles. The third-order valence-corrected chi connectivity index (χ3v) is 2.85. The topological polar surface area (TPSA) is 59.0 Å². The van der Waals surface area contributed by atoms with E-state index >= 15 is 0 Å². The maximum Gasteiger partial charge on any atom is 0.221 e. The molecule has 5 nitrogen and oxygen atoms in total. The van der Waals surface area contributed by atoms with Crippen molar-refractivity contribution in [3.63, 3.8) is 0 Å². The van der Waals surface area contributed by atoms with Crippen molar-refractivity contribution in [3.05, 3.63) is 18.7 Å². The van der Waals surface area contributed by atoms with Crippen molar-refractivity contribution in [3.8, 4) is 0 Å². The fourth-order valence-corrected chi connectivity index (χ4v) is 1.97. The number of carbonyl (C=O) groups excluding carboxylic acids is 1. The van der Waals surface area contributed by atoms with Crippen LogP contribution in [0, 0.1) is 0 Å². The number of carbonyl (C=O) groups is 1. The molecule has 2 N–H and O–H groups in total. The molecule has 0 bridgehead atoms. The van der Waals surface area contributed by atoms with Crippen LogP contribution in [-0.2, 0) is 11.3 Å². The lowest BCUT2D eigenvalue weighted by Gasteiger charge is -2.10. The highest BCUT2D eigenvalue weighted by Gasteiger charge is 2.16. The van der Waals surface area contributed by atoms with E-state index < -0.39 is 0 Å². The average molecular weight is 295 g/mol. The van der Waals surface area contributed by atoms with E-state index in [0.717, 1.165) is 19.5 Å². The van der Waals surface area contributed by atoms with Crippen molar-refractivity contribution >= 4 is 30.7 Å². The summed E-state index contributed by atoms with van der Waals surface area (Å²) in [5.74, 6) is 0.138. The van der Waals surface area contributed by atoms with Gasteiger partial charge in [-0.3, -0.25) is 4.79 Å². The zero-order chi connectivity index (χ0) is 11.2. The SMILES string of the molecule is Cl.Cl.O=C(CC1CCCN1)NCCn1ccnc1. The Labute approximate surface area is 120 Å². The number of rotatable bonds is 5. The highest BCUT2D eigenvalue weighted by molar-refractivity contribution is 5.85. The molecule has 0 radical (unpaired) electrons. The summed E-state index contributed by atoms with van der Waals surface area (Å²) in [4.78, 5) is 15.5. The van der Waals surface area contributed by atoms with E-state index in [9.17, 15) is 4.79 Å². The standard InChI is InChI=1S/C11H18N4O.2ClH/c16-11(8-10-2-1-3-13-10)14-5-7-15-6-4-12-9-15;;/h4,6,9-10,13H,1-3,5,7-8H2,(H,14,16);2*1H. The fraction of sp³-hybridized carbons (Fsp3) is 0.636. The largest absolute Gasteiger partial charge is 0.354 e. The first-order valence-corrected chi connectivity index (χ1v) is 5.80. The van der Waals surface area contributed by atoms with E-state index in [1.807, 2.05) is 10.8 Å². The highest BCUT2D eigenvalue weighted by atomic mass is 35.5. The first kappa shape index (κ1) is 17.2. The number of aromatic nitrogens is 2. The van der Waals surface area contributed by atoms with E-state index in [-0.39, 0.29) is 30.7 Å². The summed E-state index contributed by atoms with van der Waals surface area (Å²) in [7, 11) is 0. The normalized spacial score (nSPS) is 17.7. The molecule has 0 spiro atoms. The fourth-order valence-electron chi connectivity index (χ4n) is 1.97. The lowest BCUT2D eigenvalue weighted by atomic mass is 10.1. The van der Waals surface area contributed by atoms with Gasteiger partial charge in [0.25, 0.3) is 0 Å². The van der Waals surface area contributed by atoms with Crippen molar-refractivity contribution in [2.45, 2.75) is 31.8 Å². The van der Waals surface area contributed by atoms with Gasteiger partial charge in [0.15, 0.2) is 0 Å². The number of halogens is 2.